The number of halogens is 3. The van der Waals surface area contributed by atoms with E-state index in [9.17, 15) is 22.6 Å². The fraction of sp³-hybridized carbons (Fsp3) is 0. The molecule has 3 rings (SSSR count). The molecule has 0 unspecified atom stereocenters. The molecular weight excluding hydrogens is 789 g/mol. The maximum absolute atomic E-state index is 13.0. The van der Waals surface area contributed by atoms with Crippen molar-refractivity contribution in [3.05, 3.63) is 88.6 Å². The van der Waals surface area contributed by atoms with Crippen LogP contribution < -0.4 is 9.47 Å². The first kappa shape index (κ1) is 26.1. The minimum atomic E-state index is -4.70. The van der Waals surface area contributed by atoms with E-state index >= 15 is 0 Å². The van der Waals surface area contributed by atoms with Crippen LogP contribution in [-0.4, -0.2) is 24.9 Å². The number of benzene rings is 3. The highest BCUT2D eigenvalue weighted by atomic mass is 127. The quantitative estimate of drug-likeness (QED) is 0.141. The number of hydrogen-bond acceptors (Lipinski definition) is 7. The van der Waals surface area contributed by atoms with Gasteiger partial charge in [0.1, 0.15) is 21.6 Å². The summed E-state index contributed by atoms with van der Waals surface area (Å²) in [7, 11) is -4.70. The van der Waals surface area contributed by atoms with Crippen LogP contribution in [0.3, 0.4) is 0 Å². The van der Waals surface area contributed by atoms with Gasteiger partial charge in [0.15, 0.2) is 0 Å². The topological polar surface area (TPSA) is 110 Å². The van der Waals surface area contributed by atoms with Crippen LogP contribution in [0.2, 0.25) is 0 Å². The Hall–Kier alpha value is -1.56. The lowest BCUT2D eigenvalue weighted by molar-refractivity contribution is 0.0692. The third-order valence-electron chi connectivity index (χ3n) is 4.18. The first-order valence-electron chi connectivity index (χ1n) is 8.91. The predicted molar refractivity (Wildman–Crippen MR) is 145 cm³/mol. The molecule has 0 aromatic heterocycles. The van der Waals surface area contributed by atoms with Crippen LogP contribution in [0.15, 0.2) is 66.1 Å². The van der Waals surface area contributed by atoms with Gasteiger partial charge >= 0.3 is 11.9 Å². The summed E-state index contributed by atoms with van der Waals surface area (Å²) in [5.74, 6) is -1.29. The van der Waals surface area contributed by atoms with Gasteiger partial charge in [0, 0.05) is 10.7 Å². The van der Waals surface area contributed by atoms with Crippen molar-refractivity contribution in [2.75, 3.05) is 0 Å². The molecule has 33 heavy (non-hydrogen) atoms. The molecule has 0 saturated carbocycles. The van der Waals surface area contributed by atoms with Crippen LogP contribution >= 0.6 is 67.8 Å². The Morgan fingerprint density at radius 2 is 1.36 bits per heavy atom. The van der Waals surface area contributed by atoms with Gasteiger partial charge in [-0.25, -0.2) is 18.0 Å². The fourth-order valence-corrected chi connectivity index (χ4v) is 6.98. The first-order chi connectivity index (χ1) is 15.5. The zero-order chi connectivity index (χ0) is 24.3. The molecule has 0 radical (unpaired) electrons. The average molecular weight is 801 g/mol. The van der Waals surface area contributed by atoms with Crippen LogP contribution in [0.5, 0.6) is 11.5 Å². The second-order valence-electron chi connectivity index (χ2n) is 6.41. The van der Waals surface area contributed by atoms with Crippen molar-refractivity contribution in [3.8, 4) is 11.5 Å². The van der Waals surface area contributed by atoms with Crippen molar-refractivity contribution in [2.24, 2.45) is 0 Å². The summed E-state index contributed by atoms with van der Waals surface area (Å²) in [4.78, 5) is 25.3. The van der Waals surface area contributed by atoms with E-state index in [2.05, 4.69) is 29.2 Å². The van der Waals surface area contributed by atoms with Crippen LogP contribution in [0.1, 0.15) is 26.3 Å². The van der Waals surface area contributed by atoms with Gasteiger partial charge < -0.3 is 14.0 Å². The van der Waals surface area contributed by atoms with E-state index < -0.39 is 22.1 Å². The van der Waals surface area contributed by atoms with E-state index in [1.54, 1.807) is 75.5 Å². The molecule has 0 aliphatic rings. The summed E-state index contributed by atoms with van der Waals surface area (Å²) in [6.07, 6.45) is 1.50. The fourth-order valence-electron chi connectivity index (χ4n) is 2.70. The van der Waals surface area contributed by atoms with Crippen molar-refractivity contribution in [1.29, 1.82) is 0 Å². The van der Waals surface area contributed by atoms with Crippen molar-refractivity contribution in [3.63, 3.8) is 0 Å². The van der Waals surface area contributed by atoms with Crippen LogP contribution in [0, 0.1) is 10.7 Å². The van der Waals surface area contributed by atoms with Crippen molar-refractivity contribution < 1.29 is 32.0 Å². The molecular formula is C22H12I3O7S-. The van der Waals surface area contributed by atoms with E-state index in [4.69, 9.17) is 9.47 Å². The molecule has 0 heterocycles. The number of rotatable bonds is 6. The smallest absolute Gasteiger partial charge is 0.344 e. The number of carbonyl (C=O) groups is 2. The third-order valence-corrected chi connectivity index (χ3v) is 8.27. The minimum absolute atomic E-state index is 0.0159. The van der Waals surface area contributed by atoms with E-state index in [0.717, 1.165) is 3.57 Å². The van der Waals surface area contributed by atoms with Crippen molar-refractivity contribution in [2.45, 2.75) is 4.90 Å². The Morgan fingerprint density at radius 3 is 1.91 bits per heavy atom. The Bertz CT molecular complexity index is 1340. The van der Waals surface area contributed by atoms with Gasteiger partial charge in [0.2, 0.25) is 0 Å². The number of esters is 2. The molecule has 0 bridgehead atoms. The second kappa shape index (κ2) is 10.8. The van der Waals surface area contributed by atoms with Crippen molar-refractivity contribution >= 4 is 95.9 Å². The number of carbonyl (C=O) groups excluding carboxylic acids is 2. The predicted octanol–water partition coefficient (Wildman–Crippen LogP) is 5.49. The van der Waals surface area contributed by atoms with E-state index in [-0.39, 0.29) is 28.9 Å². The van der Waals surface area contributed by atoms with Gasteiger partial charge in [-0.05, 0) is 122 Å². The maximum atomic E-state index is 13.0. The SMILES string of the molecule is C=Cc1ccc(C(=O)Oc2ccc(I)cc2)c(C(=O)Oc2cc(I)c(S(=O)(=O)[O-])c(I)c2)c1. The van der Waals surface area contributed by atoms with Crippen molar-refractivity contribution in [1.82, 2.24) is 0 Å². The highest BCUT2D eigenvalue weighted by Gasteiger charge is 2.22. The van der Waals surface area contributed by atoms with Gasteiger partial charge in [0.25, 0.3) is 0 Å². The molecule has 0 amide bonds. The molecule has 3 aromatic carbocycles. The second-order valence-corrected chi connectivity index (χ2v) is 11.3. The Morgan fingerprint density at radius 1 is 0.818 bits per heavy atom. The normalized spacial score (nSPS) is 11.0. The molecule has 170 valence electrons. The van der Waals surface area contributed by atoms with E-state index in [0.29, 0.717) is 11.3 Å². The number of hydrogen-bond donors (Lipinski definition) is 0. The van der Waals surface area contributed by atoms with Gasteiger partial charge in [-0.1, -0.05) is 18.7 Å². The summed E-state index contributed by atoms with van der Waals surface area (Å²) in [5.41, 5.74) is 0.491. The molecule has 11 heteroatoms. The third kappa shape index (κ3) is 6.52. The first-order valence-corrected chi connectivity index (χ1v) is 13.6. The summed E-state index contributed by atoms with van der Waals surface area (Å²) in [5, 5.41) is 0. The van der Waals surface area contributed by atoms with E-state index in [1.165, 1.54) is 30.3 Å². The minimum Gasteiger partial charge on any atom is -0.744 e. The molecule has 0 aliphatic carbocycles. The molecule has 0 N–H and O–H groups in total. The molecule has 0 saturated heterocycles. The zero-order valence-corrected chi connectivity index (χ0v) is 23.7. The van der Waals surface area contributed by atoms with Gasteiger partial charge in [-0.3, -0.25) is 0 Å². The molecule has 0 aliphatic heterocycles. The monoisotopic (exact) mass is 801 g/mol. The molecule has 3 aromatic rings. The highest BCUT2D eigenvalue weighted by molar-refractivity contribution is 14.1. The van der Waals surface area contributed by atoms with Crippen LogP contribution in [-0.2, 0) is 10.1 Å². The Labute approximate surface area is 230 Å². The standard InChI is InChI=1S/C22H13I3O7S/c1-2-12-3-8-16(21(26)31-14-6-4-13(23)5-7-14)17(9-12)22(27)32-15-10-18(24)20(19(25)11-15)33(28,29)30/h2-11H,1H2,(H,28,29,30)/p-1. The lowest BCUT2D eigenvalue weighted by Crippen LogP contribution is -2.18. The summed E-state index contributed by atoms with van der Waals surface area (Å²) in [6.45, 7) is 3.66. The maximum Gasteiger partial charge on any atom is 0.344 e. The largest absolute Gasteiger partial charge is 0.744 e. The molecule has 0 fully saturated rings. The lowest BCUT2D eigenvalue weighted by Gasteiger charge is -2.14. The Balaban J connectivity index is 1.95. The van der Waals surface area contributed by atoms with E-state index in [1.807, 2.05) is 0 Å². The Kier molecular flexibility index (Phi) is 8.52. The van der Waals surface area contributed by atoms with Gasteiger partial charge in [0.05, 0.1) is 16.0 Å². The lowest BCUT2D eigenvalue weighted by atomic mass is 10.0. The van der Waals surface area contributed by atoms with Crippen LogP contribution in [0.25, 0.3) is 6.08 Å². The van der Waals surface area contributed by atoms with Crippen LogP contribution in [0.4, 0.5) is 0 Å². The summed E-state index contributed by atoms with van der Waals surface area (Å²) in [6, 6.07) is 13.8. The highest BCUT2D eigenvalue weighted by Crippen LogP contribution is 2.30. The molecule has 7 nitrogen and oxygen atoms in total. The summed E-state index contributed by atoms with van der Waals surface area (Å²) < 4.78 is 46.3. The number of ether oxygens (including phenoxy) is 2. The molecule has 0 atom stereocenters. The average Bonchev–Trinajstić information content (AvgIpc) is 2.73. The van der Waals surface area contributed by atoms with Gasteiger partial charge in [-0.2, -0.15) is 0 Å². The summed E-state index contributed by atoms with van der Waals surface area (Å²) >= 11 is 5.48. The zero-order valence-electron chi connectivity index (χ0n) is 16.4. The van der Waals surface area contributed by atoms with Gasteiger partial charge in [-0.15, -0.1) is 0 Å². The molecule has 0 spiro atoms.